The van der Waals surface area contributed by atoms with Gasteiger partial charge in [0, 0.05) is 17.7 Å². The van der Waals surface area contributed by atoms with Crippen molar-refractivity contribution >= 4 is 38.5 Å². The van der Waals surface area contributed by atoms with Crippen LogP contribution in [0, 0.1) is 9.39 Å². The molecule has 0 spiro atoms. The van der Waals surface area contributed by atoms with Gasteiger partial charge in [0.2, 0.25) is 0 Å². The summed E-state index contributed by atoms with van der Waals surface area (Å²) in [5, 5.41) is 0. The lowest BCUT2D eigenvalue weighted by atomic mass is 10.2. The quantitative estimate of drug-likeness (QED) is 0.674. The number of nitrogens with zero attached hydrogens (tertiary/aromatic N) is 2. The zero-order valence-corrected chi connectivity index (χ0v) is 13.6. The maximum Gasteiger partial charge on any atom is 0.331 e. The van der Waals surface area contributed by atoms with Crippen LogP contribution in [0.3, 0.4) is 0 Å². The van der Waals surface area contributed by atoms with E-state index in [9.17, 15) is 14.0 Å². The molecule has 2 rings (SSSR count). The molecule has 0 N–H and O–H groups in total. The summed E-state index contributed by atoms with van der Waals surface area (Å²) in [4.78, 5) is 23.9. The molecule has 100 valence electrons. The zero-order valence-electron chi connectivity index (χ0n) is 9.86. The van der Waals surface area contributed by atoms with E-state index in [1.165, 1.54) is 22.9 Å². The van der Waals surface area contributed by atoms with E-state index in [4.69, 9.17) is 0 Å². The Balaban J connectivity index is 2.56. The smallest absolute Gasteiger partial charge is 0.302 e. The minimum absolute atomic E-state index is 0.100. The van der Waals surface area contributed by atoms with Gasteiger partial charge in [0.1, 0.15) is 5.82 Å². The Morgan fingerprint density at radius 2 is 2.05 bits per heavy atom. The summed E-state index contributed by atoms with van der Waals surface area (Å²) < 4.78 is 16.5. The van der Waals surface area contributed by atoms with Crippen molar-refractivity contribution in [3.05, 3.63) is 64.7 Å². The van der Waals surface area contributed by atoms with Crippen molar-refractivity contribution in [2.75, 3.05) is 0 Å². The summed E-state index contributed by atoms with van der Waals surface area (Å²) in [7, 11) is 1.58. The van der Waals surface area contributed by atoms with E-state index in [2.05, 4.69) is 15.9 Å². The van der Waals surface area contributed by atoms with Gasteiger partial charge >= 0.3 is 5.69 Å². The van der Waals surface area contributed by atoms with Gasteiger partial charge in [0.25, 0.3) is 5.56 Å². The van der Waals surface area contributed by atoms with Crippen molar-refractivity contribution in [3.63, 3.8) is 0 Å². The summed E-state index contributed by atoms with van der Waals surface area (Å²) >= 11 is 5.11. The SMILES string of the molecule is Cn1cc(I)c(=O)n(Cc2ccc(F)cc2Br)c1=O. The van der Waals surface area contributed by atoms with Gasteiger partial charge in [-0.1, -0.05) is 22.0 Å². The topological polar surface area (TPSA) is 44.0 Å². The molecule has 1 aromatic carbocycles. The number of hydrogen-bond acceptors (Lipinski definition) is 2. The average molecular weight is 439 g/mol. The van der Waals surface area contributed by atoms with Crippen LogP contribution in [0.4, 0.5) is 4.39 Å². The van der Waals surface area contributed by atoms with Gasteiger partial charge in [0.15, 0.2) is 0 Å². The molecule has 0 atom stereocenters. The van der Waals surface area contributed by atoms with Crippen LogP contribution in [0.5, 0.6) is 0 Å². The van der Waals surface area contributed by atoms with E-state index in [0.29, 0.717) is 13.6 Å². The highest BCUT2D eigenvalue weighted by atomic mass is 127. The number of aromatic nitrogens is 2. The van der Waals surface area contributed by atoms with E-state index in [0.717, 1.165) is 4.57 Å². The summed E-state index contributed by atoms with van der Waals surface area (Å²) in [6, 6.07) is 4.15. The number of benzene rings is 1. The van der Waals surface area contributed by atoms with Crippen LogP contribution < -0.4 is 11.2 Å². The summed E-state index contributed by atoms with van der Waals surface area (Å²) in [6.07, 6.45) is 1.49. The van der Waals surface area contributed by atoms with Gasteiger partial charge in [-0.05, 0) is 40.3 Å². The number of rotatable bonds is 2. The molecule has 0 amide bonds. The number of halogens is 3. The van der Waals surface area contributed by atoms with Gasteiger partial charge < -0.3 is 4.57 Å². The first-order valence-corrected chi connectivity index (χ1v) is 7.17. The van der Waals surface area contributed by atoms with E-state index in [1.807, 2.05) is 22.6 Å². The molecular weight excluding hydrogens is 430 g/mol. The third kappa shape index (κ3) is 2.97. The molecule has 0 saturated heterocycles. The minimum Gasteiger partial charge on any atom is -0.302 e. The number of hydrogen-bond donors (Lipinski definition) is 0. The lowest BCUT2D eigenvalue weighted by molar-refractivity contribution is 0.617. The molecule has 0 aliphatic heterocycles. The third-order valence-electron chi connectivity index (χ3n) is 2.63. The van der Waals surface area contributed by atoms with Gasteiger partial charge in [-0.2, -0.15) is 0 Å². The van der Waals surface area contributed by atoms with Crippen LogP contribution >= 0.6 is 38.5 Å². The molecule has 4 nitrogen and oxygen atoms in total. The molecule has 1 heterocycles. The van der Waals surface area contributed by atoms with Gasteiger partial charge in [-0.15, -0.1) is 0 Å². The highest BCUT2D eigenvalue weighted by Crippen LogP contribution is 2.18. The van der Waals surface area contributed by atoms with Crippen LogP contribution in [0.15, 0.2) is 38.5 Å². The first kappa shape index (κ1) is 14.4. The van der Waals surface area contributed by atoms with Crippen molar-refractivity contribution < 1.29 is 4.39 Å². The standard InChI is InChI=1S/C12H9BrFIN2O2/c1-16-6-10(15)11(18)17(12(16)19)5-7-2-3-8(14)4-9(7)13/h2-4,6H,5H2,1H3. The summed E-state index contributed by atoms with van der Waals surface area (Å²) in [5.41, 5.74) is -0.0795. The molecule has 0 aliphatic rings. The van der Waals surface area contributed by atoms with Crippen molar-refractivity contribution in [2.45, 2.75) is 6.54 Å². The Kier molecular flexibility index (Phi) is 4.24. The first-order chi connectivity index (χ1) is 8.90. The molecule has 2 aromatic rings. The van der Waals surface area contributed by atoms with Crippen LogP contribution in [0.1, 0.15) is 5.56 Å². The van der Waals surface area contributed by atoms with Crippen molar-refractivity contribution in [3.8, 4) is 0 Å². The normalized spacial score (nSPS) is 10.7. The highest BCUT2D eigenvalue weighted by molar-refractivity contribution is 14.1. The molecule has 0 aliphatic carbocycles. The summed E-state index contributed by atoms with van der Waals surface area (Å²) in [5.74, 6) is -0.376. The third-order valence-corrected chi connectivity index (χ3v) is 4.11. The molecule has 1 aromatic heterocycles. The predicted molar refractivity (Wildman–Crippen MR) is 81.9 cm³/mol. The van der Waals surface area contributed by atoms with Crippen molar-refractivity contribution in [1.29, 1.82) is 0 Å². The fraction of sp³-hybridized carbons (Fsp3) is 0.167. The minimum atomic E-state index is -0.401. The van der Waals surface area contributed by atoms with Gasteiger partial charge in [0.05, 0.1) is 10.1 Å². The molecule has 7 heteroatoms. The predicted octanol–water partition coefficient (Wildman–Crippen LogP) is 2.10. The van der Waals surface area contributed by atoms with Crippen molar-refractivity contribution in [2.24, 2.45) is 7.05 Å². The lowest BCUT2D eigenvalue weighted by Gasteiger charge is -2.09. The van der Waals surface area contributed by atoms with E-state index >= 15 is 0 Å². The lowest BCUT2D eigenvalue weighted by Crippen LogP contribution is -2.40. The summed E-state index contributed by atoms with van der Waals surface area (Å²) in [6.45, 7) is 0.100. The Hall–Kier alpha value is -0.960. The largest absolute Gasteiger partial charge is 0.331 e. The molecule has 19 heavy (non-hydrogen) atoms. The fourth-order valence-electron chi connectivity index (χ4n) is 1.65. The molecule has 0 bridgehead atoms. The monoisotopic (exact) mass is 438 g/mol. The molecule has 0 saturated carbocycles. The number of aryl methyl sites for hydroxylation is 1. The van der Waals surface area contributed by atoms with Gasteiger partial charge in [-0.25, -0.2) is 9.18 Å². The van der Waals surface area contributed by atoms with Crippen LogP contribution in [0.25, 0.3) is 0 Å². The molecule has 0 unspecified atom stereocenters. The average Bonchev–Trinajstić information content (AvgIpc) is 2.34. The second-order valence-electron chi connectivity index (χ2n) is 4.00. The maximum atomic E-state index is 13.0. The zero-order chi connectivity index (χ0) is 14.2. The second-order valence-corrected chi connectivity index (χ2v) is 6.01. The van der Waals surface area contributed by atoms with Crippen molar-refractivity contribution in [1.82, 2.24) is 9.13 Å². The molecular formula is C12H9BrFIN2O2. The Morgan fingerprint density at radius 1 is 1.37 bits per heavy atom. The van der Waals surface area contributed by atoms with E-state index in [-0.39, 0.29) is 17.9 Å². The Labute approximate surface area is 130 Å². The fourth-order valence-corrected chi connectivity index (χ4v) is 2.83. The Bertz CT molecular complexity index is 720. The molecule has 0 radical (unpaired) electrons. The maximum absolute atomic E-state index is 13.0. The molecule has 0 fully saturated rings. The van der Waals surface area contributed by atoms with Gasteiger partial charge in [-0.3, -0.25) is 9.36 Å². The first-order valence-electron chi connectivity index (χ1n) is 5.30. The highest BCUT2D eigenvalue weighted by Gasteiger charge is 2.10. The second kappa shape index (κ2) is 5.58. The van der Waals surface area contributed by atoms with E-state index < -0.39 is 5.69 Å². The van der Waals surface area contributed by atoms with E-state index in [1.54, 1.807) is 13.1 Å². The van der Waals surface area contributed by atoms with Crippen LogP contribution in [-0.4, -0.2) is 9.13 Å². The van der Waals surface area contributed by atoms with Crippen LogP contribution in [0.2, 0.25) is 0 Å². The van der Waals surface area contributed by atoms with Crippen LogP contribution in [-0.2, 0) is 13.6 Å². The Morgan fingerprint density at radius 3 is 2.68 bits per heavy atom.